The third-order valence-corrected chi connectivity index (χ3v) is 11.8. The Bertz CT molecular complexity index is 2330. The van der Waals surface area contributed by atoms with Crippen molar-refractivity contribution >= 4 is 89.3 Å². The Balaban J connectivity index is 1.88. The van der Waals surface area contributed by atoms with Crippen LogP contribution in [-0.4, -0.2) is 54.8 Å². The molecule has 11 heteroatoms. The van der Waals surface area contributed by atoms with Gasteiger partial charge in [0.15, 0.2) is 17.3 Å². The van der Waals surface area contributed by atoms with Crippen LogP contribution in [0.4, 0.5) is 11.4 Å². The van der Waals surface area contributed by atoms with Crippen molar-refractivity contribution in [2.75, 3.05) is 49.4 Å². The largest absolute Gasteiger partial charge is 0.492 e. The third kappa shape index (κ3) is 3.47. The molecular formula is C34H30N2O7S2. The van der Waals surface area contributed by atoms with Crippen LogP contribution >= 0.6 is 23.5 Å². The number of nitrogens with one attached hydrogen (secondary N) is 2. The van der Waals surface area contributed by atoms with Crippen molar-refractivity contribution < 1.29 is 24.5 Å². The molecule has 0 fully saturated rings. The molecule has 0 unspecified atom stereocenters. The van der Waals surface area contributed by atoms with Crippen LogP contribution in [0.25, 0.3) is 48.7 Å². The summed E-state index contributed by atoms with van der Waals surface area (Å²) in [5, 5.41) is 33.7. The summed E-state index contributed by atoms with van der Waals surface area (Å²) < 4.78 is 11.8. The Hall–Kier alpha value is -3.77. The van der Waals surface area contributed by atoms with Crippen molar-refractivity contribution in [3.8, 4) is 11.5 Å². The number of hydrogen-bond acceptors (Lipinski definition) is 11. The van der Waals surface area contributed by atoms with Gasteiger partial charge in [-0.25, -0.2) is 0 Å². The number of carbonyl (C=O) groups excluding carboxylic acids is 1. The number of methoxy groups -OCH3 is 2. The SMILES string of the molecule is COc1c2c3c4c(c(OC)c(=O)c5c6c(c(CO)c(c7c(CO)c8c(c(c1=O)c73)NCCS8)c54)SCCN6)C(C(C)=O)=C(C)C2. The van der Waals surface area contributed by atoms with E-state index in [0.717, 1.165) is 21.3 Å². The van der Waals surface area contributed by atoms with E-state index in [9.17, 15) is 24.6 Å². The maximum absolute atomic E-state index is 14.7. The maximum atomic E-state index is 14.7. The van der Waals surface area contributed by atoms with E-state index < -0.39 is 0 Å². The van der Waals surface area contributed by atoms with Gasteiger partial charge in [-0.15, -0.1) is 23.5 Å². The number of benzene rings is 5. The number of rotatable bonds is 5. The van der Waals surface area contributed by atoms with E-state index in [1.54, 1.807) is 23.5 Å². The maximum Gasteiger partial charge on any atom is 0.230 e. The number of carbonyl (C=O) groups is 1. The Morgan fingerprint density at radius 3 is 1.76 bits per heavy atom. The summed E-state index contributed by atoms with van der Waals surface area (Å²) in [5.41, 5.74) is 3.97. The molecule has 9 nitrogen and oxygen atoms in total. The first kappa shape index (κ1) is 28.7. The minimum atomic E-state index is -0.357. The topological polar surface area (TPSA) is 134 Å². The highest BCUT2D eigenvalue weighted by Gasteiger charge is 2.37. The number of aliphatic hydroxyl groups excluding tert-OH is 2. The molecule has 0 amide bonds. The molecule has 2 aliphatic heterocycles. The first-order valence-electron chi connectivity index (χ1n) is 14.8. The second-order valence-corrected chi connectivity index (χ2v) is 13.9. The number of aliphatic hydroxyl groups is 2. The molecule has 0 aromatic heterocycles. The van der Waals surface area contributed by atoms with Crippen LogP contribution < -0.4 is 31.0 Å². The summed E-state index contributed by atoms with van der Waals surface area (Å²) in [6, 6.07) is 0. The fraction of sp³-hybridized carbons (Fsp3) is 0.324. The fourth-order valence-electron chi connectivity index (χ4n) is 8.05. The zero-order chi connectivity index (χ0) is 31.5. The average Bonchev–Trinajstić information content (AvgIpc) is 3.17. The van der Waals surface area contributed by atoms with E-state index >= 15 is 0 Å². The van der Waals surface area contributed by atoms with E-state index in [2.05, 4.69) is 10.6 Å². The lowest BCUT2D eigenvalue weighted by Gasteiger charge is -2.30. The predicted molar refractivity (Wildman–Crippen MR) is 182 cm³/mol. The summed E-state index contributed by atoms with van der Waals surface area (Å²) in [4.78, 5) is 44.3. The Morgan fingerprint density at radius 2 is 1.27 bits per heavy atom. The van der Waals surface area contributed by atoms with Crippen LogP contribution in [0.5, 0.6) is 11.5 Å². The van der Waals surface area contributed by atoms with Crippen LogP contribution in [0.2, 0.25) is 0 Å². The van der Waals surface area contributed by atoms with Gasteiger partial charge in [0.05, 0.1) is 49.6 Å². The van der Waals surface area contributed by atoms with Gasteiger partial charge < -0.3 is 30.3 Å². The number of ketones is 1. The predicted octanol–water partition coefficient (Wildman–Crippen LogP) is 4.85. The molecule has 0 radical (unpaired) electrons. The molecular weight excluding hydrogens is 613 g/mol. The highest BCUT2D eigenvalue weighted by molar-refractivity contribution is 7.99. The first-order valence-corrected chi connectivity index (χ1v) is 16.8. The Labute approximate surface area is 265 Å². The van der Waals surface area contributed by atoms with Crippen molar-refractivity contribution in [1.29, 1.82) is 0 Å². The zero-order valence-electron chi connectivity index (χ0n) is 25.2. The molecule has 2 heterocycles. The highest BCUT2D eigenvalue weighted by atomic mass is 32.2. The quantitative estimate of drug-likeness (QED) is 0.155. The number of Topliss-reactive ketones (excluding diaryl/α,β-unsaturated/α-hetero) is 1. The summed E-state index contributed by atoms with van der Waals surface area (Å²) >= 11 is 3.13. The lowest BCUT2D eigenvalue weighted by molar-refractivity contribution is -0.111. The molecule has 0 spiro atoms. The molecule has 1 aliphatic carbocycles. The Morgan fingerprint density at radius 1 is 0.756 bits per heavy atom. The summed E-state index contributed by atoms with van der Waals surface area (Å²) in [5.74, 6) is 1.49. The van der Waals surface area contributed by atoms with Crippen molar-refractivity contribution in [2.45, 2.75) is 43.3 Å². The van der Waals surface area contributed by atoms with Gasteiger partial charge >= 0.3 is 0 Å². The first-order chi connectivity index (χ1) is 21.8. The normalized spacial score (nSPS) is 15.9. The van der Waals surface area contributed by atoms with Crippen molar-refractivity contribution in [1.82, 2.24) is 0 Å². The second-order valence-electron chi connectivity index (χ2n) is 11.7. The van der Waals surface area contributed by atoms with Gasteiger partial charge in [-0.05, 0) is 36.4 Å². The molecule has 0 atom stereocenters. The molecule has 230 valence electrons. The van der Waals surface area contributed by atoms with Gasteiger partial charge in [-0.1, -0.05) is 5.57 Å². The van der Waals surface area contributed by atoms with Gasteiger partial charge in [-0.3, -0.25) is 14.4 Å². The monoisotopic (exact) mass is 642 g/mol. The summed E-state index contributed by atoms with van der Waals surface area (Å²) in [6.45, 7) is 3.92. The van der Waals surface area contributed by atoms with Gasteiger partial charge in [0, 0.05) is 78.4 Å². The molecule has 5 aromatic carbocycles. The van der Waals surface area contributed by atoms with E-state index in [1.807, 2.05) is 6.92 Å². The molecule has 3 aliphatic rings. The molecule has 0 saturated heterocycles. The van der Waals surface area contributed by atoms with Crippen LogP contribution in [-0.2, 0) is 24.4 Å². The molecule has 4 N–H and O–H groups in total. The molecule has 0 saturated carbocycles. The number of allylic oxidation sites excluding steroid dienone is 2. The summed E-state index contributed by atoms with van der Waals surface area (Å²) in [7, 11) is 2.92. The number of fused-ring (bicyclic) bond motifs is 5. The third-order valence-electron chi connectivity index (χ3n) is 9.52. The van der Waals surface area contributed by atoms with Gasteiger partial charge in [0.25, 0.3) is 0 Å². The van der Waals surface area contributed by atoms with Crippen molar-refractivity contribution in [2.24, 2.45) is 0 Å². The lowest BCUT2D eigenvalue weighted by Crippen LogP contribution is -2.20. The zero-order valence-corrected chi connectivity index (χ0v) is 26.8. The van der Waals surface area contributed by atoms with Crippen LogP contribution in [0.1, 0.15) is 36.1 Å². The number of ether oxygens (including phenoxy) is 2. The van der Waals surface area contributed by atoms with Gasteiger partial charge in [-0.2, -0.15) is 0 Å². The van der Waals surface area contributed by atoms with Gasteiger partial charge in [0.1, 0.15) is 0 Å². The minimum absolute atomic E-state index is 0.0629. The molecule has 0 bridgehead atoms. The molecule has 5 aromatic rings. The molecule has 45 heavy (non-hydrogen) atoms. The smallest absolute Gasteiger partial charge is 0.230 e. The summed E-state index contributed by atoms with van der Waals surface area (Å²) in [6.07, 6.45) is 0.237. The van der Waals surface area contributed by atoms with Crippen LogP contribution in [0, 0.1) is 0 Å². The van der Waals surface area contributed by atoms with Crippen molar-refractivity contribution in [3.05, 3.63) is 48.3 Å². The van der Waals surface area contributed by atoms with E-state index in [4.69, 9.17) is 9.47 Å². The lowest BCUT2D eigenvalue weighted by atomic mass is 9.80. The van der Waals surface area contributed by atoms with E-state index in [-0.39, 0.29) is 47.8 Å². The Kier molecular flexibility index (Phi) is 6.45. The minimum Gasteiger partial charge on any atom is -0.492 e. The second kappa shape index (κ2) is 10.1. The van der Waals surface area contributed by atoms with Crippen LogP contribution in [0.15, 0.2) is 25.0 Å². The standard InChI is InChI=1S/C34H30N2O7S2/c1-12-9-14-18-21-19(15(10-37)33-27(35-5-7-44-33)25(21)29(40)31(14)42-3)20-16(11-38)34-28(36-6-8-45-34)26-23(20)22(18)24(17(12)13(2)39)32(43-4)30(26)41/h35-38H,5-11H2,1-4H3. The van der Waals surface area contributed by atoms with Crippen molar-refractivity contribution in [3.63, 3.8) is 0 Å². The van der Waals surface area contributed by atoms with E-state index in [1.165, 1.54) is 21.1 Å². The number of hydrogen-bond donors (Lipinski definition) is 4. The number of thioether (sulfide) groups is 2. The van der Waals surface area contributed by atoms with E-state index in [0.29, 0.717) is 101 Å². The van der Waals surface area contributed by atoms with Gasteiger partial charge in [0.2, 0.25) is 10.9 Å². The highest BCUT2D eigenvalue weighted by Crippen LogP contribution is 2.57. The fourth-order valence-corrected chi connectivity index (χ4v) is 10.2. The number of anilines is 2. The van der Waals surface area contributed by atoms with Crippen LogP contribution in [0.3, 0.4) is 0 Å². The molecule has 8 rings (SSSR count). The average molecular weight is 643 g/mol.